The molecule has 2 aromatic rings. The van der Waals surface area contributed by atoms with Gasteiger partial charge in [-0.15, -0.1) is 0 Å². The molecule has 6 heteroatoms. The van der Waals surface area contributed by atoms with Crippen molar-refractivity contribution in [3.8, 4) is 11.5 Å². The highest BCUT2D eigenvalue weighted by molar-refractivity contribution is 5.93. The van der Waals surface area contributed by atoms with Crippen molar-refractivity contribution in [3.63, 3.8) is 0 Å². The van der Waals surface area contributed by atoms with Crippen LogP contribution in [0.1, 0.15) is 29.4 Å². The number of aromatic nitrogens is 1. The monoisotopic (exact) mass is 286 g/mol. The summed E-state index contributed by atoms with van der Waals surface area (Å²) in [4.78, 5) is 25.9. The molecule has 21 heavy (non-hydrogen) atoms. The quantitative estimate of drug-likeness (QED) is 0.475. The van der Waals surface area contributed by atoms with Crippen LogP contribution in [-0.4, -0.2) is 15.7 Å². The number of nitro groups is 1. The summed E-state index contributed by atoms with van der Waals surface area (Å²) < 4.78 is 5.59. The Balaban J connectivity index is 2.24. The summed E-state index contributed by atoms with van der Waals surface area (Å²) in [6, 6.07) is 7.82. The van der Waals surface area contributed by atoms with Gasteiger partial charge in [0, 0.05) is 12.5 Å². The number of hydrogen-bond donors (Lipinski definition) is 0. The zero-order valence-electron chi connectivity index (χ0n) is 11.7. The van der Waals surface area contributed by atoms with Crippen LogP contribution in [0.25, 0.3) is 0 Å². The van der Waals surface area contributed by atoms with Gasteiger partial charge in [0.1, 0.15) is 17.2 Å². The summed E-state index contributed by atoms with van der Waals surface area (Å²) in [5.41, 5.74) is 0.815. The fourth-order valence-corrected chi connectivity index (χ4v) is 1.82. The highest BCUT2D eigenvalue weighted by atomic mass is 16.6. The fourth-order valence-electron chi connectivity index (χ4n) is 1.82. The molecule has 0 N–H and O–H groups in total. The summed E-state index contributed by atoms with van der Waals surface area (Å²) in [7, 11) is 0. The van der Waals surface area contributed by atoms with Gasteiger partial charge in [-0.05, 0) is 25.1 Å². The van der Waals surface area contributed by atoms with Crippen molar-refractivity contribution in [2.75, 3.05) is 0 Å². The molecule has 1 heterocycles. The average molecular weight is 286 g/mol. The van der Waals surface area contributed by atoms with Crippen molar-refractivity contribution in [2.45, 2.75) is 20.3 Å². The first-order chi connectivity index (χ1) is 10.0. The summed E-state index contributed by atoms with van der Waals surface area (Å²) in [5.74, 6) is 0.764. The molecule has 0 saturated carbocycles. The van der Waals surface area contributed by atoms with E-state index in [0.29, 0.717) is 29.2 Å². The van der Waals surface area contributed by atoms with Gasteiger partial charge in [-0.1, -0.05) is 13.0 Å². The second-order valence-electron chi connectivity index (χ2n) is 4.42. The molecule has 0 aliphatic carbocycles. The van der Waals surface area contributed by atoms with E-state index in [1.54, 1.807) is 38.1 Å². The first-order valence-corrected chi connectivity index (χ1v) is 6.44. The number of Topliss-reactive ketones (excluding diaryl/α,β-unsaturated/α-hetero) is 1. The number of pyridine rings is 1. The standard InChI is InChI=1S/C15H14N2O4/c1-3-14(18)12-8-7-11(9-16-12)21-15-6-4-5-13(10(15)2)17(19)20/h4-9H,3H2,1-2H3. The van der Waals surface area contributed by atoms with Crippen LogP contribution in [0.2, 0.25) is 0 Å². The third kappa shape index (κ3) is 3.22. The highest BCUT2D eigenvalue weighted by Gasteiger charge is 2.15. The Kier molecular flexibility index (Phi) is 4.27. The molecular weight excluding hydrogens is 272 g/mol. The van der Waals surface area contributed by atoms with Crippen molar-refractivity contribution >= 4 is 11.5 Å². The number of ether oxygens (including phenoxy) is 1. The van der Waals surface area contributed by atoms with Gasteiger partial charge in [-0.3, -0.25) is 14.9 Å². The summed E-state index contributed by atoms with van der Waals surface area (Å²) >= 11 is 0. The van der Waals surface area contributed by atoms with E-state index in [2.05, 4.69) is 4.98 Å². The predicted molar refractivity (Wildman–Crippen MR) is 76.8 cm³/mol. The average Bonchev–Trinajstić information content (AvgIpc) is 2.49. The maximum absolute atomic E-state index is 11.5. The lowest BCUT2D eigenvalue weighted by atomic mass is 10.2. The molecule has 0 unspecified atom stereocenters. The van der Waals surface area contributed by atoms with Crippen molar-refractivity contribution < 1.29 is 14.5 Å². The Morgan fingerprint density at radius 3 is 2.67 bits per heavy atom. The number of carbonyl (C=O) groups excluding carboxylic acids is 1. The van der Waals surface area contributed by atoms with Crippen LogP contribution in [-0.2, 0) is 0 Å². The van der Waals surface area contributed by atoms with E-state index in [1.165, 1.54) is 12.3 Å². The molecule has 2 rings (SSSR count). The molecular formula is C15H14N2O4. The molecule has 0 spiro atoms. The number of ketones is 1. The van der Waals surface area contributed by atoms with Crippen LogP contribution in [0.4, 0.5) is 5.69 Å². The minimum absolute atomic E-state index is 0.00163. The number of nitrogens with zero attached hydrogens (tertiary/aromatic N) is 2. The number of nitro benzene ring substituents is 1. The molecule has 0 radical (unpaired) electrons. The number of rotatable bonds is 5. The number of benzene rings is 1. The first kappa shape index (κ1) is 14.6. The molecule has 0 fully saturated rings. The maximum atomic E-state index is 11.5. The zero-order valence-corrected chi connectivity index (χ0v) is 11.7. The molecule has 0 atom stereocenters. The minimum atomic E-state index is -0.455. The van der Waals surface area contributed by atoms with E-state index < -0.39 is 4.92 Å². The molecule has 6 nitrogen and oxygen atoms in total. The topological polar surface area (TPSA) is 82.3 Å². The fraction of sp³-hybridized carbons (Fsp3) is 0.200. The number of carbonyl (C=O) groups is 1. The van der Waals surface area contributed by atoms with Crippen LogP contribution in [0.15, 0.2) is 36.5 Å². The van der Waals surface area contributed by atoms with Crippen molar-refractivity contribution in [1.29, 1.82) is 0 Å². The molecule has 0 saturated heterocycles. The summed E-state index contributed by atoms with van der Waals surface area (Å²) in [6.45, 7) is 3.39. The van der Waals surface area contributed by atoms with Gasteiger partial charge in [0.25, 0.3) is 5.69 Å². The normalized spacial score (nSPS) is 10.2. The SMILES string of the molecule is CCC(=O)c1ccc(Oc2cccc([N+](=O)[O-])c2C)cn1. The van der Waals surface area contributed by atoms with Gasteiger partial charge in [0.05, 0.1) is 16.7 Å². The van der Waals surface area contributed by atoms with Gasteiger partial charge in [-0.25, -0.2) is 4.98 Å². The van der Waals surface area contributed by atoms with Crippen LogP contribution >= 0.6 is 0 Å². The minimum Gasteiger partial charge on any atom is -0.455 e. The van der Waals surface area contributed by atoms with Crippen LogP contribution in [0, 0.1) is 17.0 Å². The van der Waals surface area contributed by atoms with Crippen LogP contribution in [0.3, 0.4) is 0 Å². The Hall–Kier alpha value is -2.76. The van der Waals surface area contributed by atoms with Crippen LogP contribution < -0.4 is 4.74 Å². The van der Waals surface area contributed by atoms with Gasteiger partial charge in [0.2, 0.25) is 0 Å². The highest BCUT2D eigenvalue weighted by Crippen LogP contribution is 2.30. The Morgan fingerprint density at radius 1 is 1.33 bits per heavy atom. The molecule has 1 aromatic heterocycles. The third-order valence-corrected chi connectivity index (χ3v) is 3.02. The molecule has 0 aliphatic rings. The molecule has 1 aromatic carbocycles. The van der Waals surface area contributed by atoms with Gasteiger partial charge in [0.15, 0.2) is 5.78 Å². The lowest BCUT2D eigenvalue weighted by Gasteiger charge is -2.08. The van der Waals surface area contributed by atoms with E-state index in [1.807, 2.05) is 0 Å². The Morgan fingerprint density at radius 2 is 2.10 bits per heavy atom. The maximum Gasteiger partial charge on any atom is 0.276 e. The van der Waals surface area contributed by atoms with Crippen LogP contribution in [0.5, 0.6) is 11.5 Å². The molecule has 0 bridgehead atoms. The van der Waals surface area contributed by atoms with Gasteiger partial charge >= 0.3 is 0 Å². The molecule has 0 aliphatic heterocycles. The van der Waals surface area contributed by atoms with Gasteiger partial charge < -0.3 is 4.74 Å². The van der Waals surface area contributed by atoms with E-state index in [0.717, 1.165) is 0 Å². The predicted octanol–water partition coefficient (Wildman–Crippen LogP) is 3.68. The molecule has 0 amide bonds. The second kappa shape index (κ2) is 6.13. The lowest BCUT2D eigenvalue weighted by molar-refractivity contribution is -0.385. The van der Waals surface area contributed by atoms with Crippen molar-refractivity contribution in [3.05, 3.63) is 57.9 Å². The van der Waals surface area contributed by atoms with E-state index >= 15 is 0 Å². The smallest absolute Gasteiger partial charge is 0.276 e. The lowest BCUT2D eigenvalue weighted by Crippen LogP contribution is -2.00. The van der Waals surface area contributed by atoms with E-state index in [9.17, 15) is 14.9 Å². The summed E-state index contributed by atoms with van der Waals surface area (Å²) in [6.07, 6.45) is 1.82. The van der Waals surface area contributed by atoms with Crippen molar-refractivity contribution in [2.24, 2.45) is 0 Å². The number of hydrogen-bond acceptors (Lipinski definition) is 5. The first-order valence-electron chi connectivity index (χ1n) is 6.44. The third-order valence-electron chi connectivity index (χ3n) is 3.02. The van der Waals surface area contributed by atoms with E-state index in [4.69, 9.17) is 4.74 Å². The zero-order chi connectivity index (χ0) is 15.4. The Bertz CT molecular complexity index is 681. The Labute approximate surface area is 121 Å². The van der Waals surface area contributed by atoms with Crippen molar-refractivity contribution in [1.82, 2.24) is 4.98 Å². The molecule has 108 valence electrons. The van der Waals surface area contributed by atoms with E-state index in [-0.39, 0.29) is 11.5 Å². The second-order valence-corrected chi connectivity index (χ2v) is 4.42. The summed E-state index contributed by atoms with van der Waals surface area (Å²) in [5, 5.41) is 10.9. The largest absolute Gasteiger partial charge is 0.455 e. The van der Waals surface area contributed by atoms with Gasteiger partial charge in [-0.2, -0.15) is 0 Å².